The van der Waals surface area contributed by atoms with Crippen LogP contribution in [0, 0.1) is 5.92 Å². The third-order valence-corrected chi connectivity index (χ3v) is 5.31. The normalized spacial score (nSPS) is 16.9. The van der Waals surface area contributed by atoms with Gasteiger partial charge in [-0.05, 0) is 64.0 Å². The van der Waals surface area contributed by atoms with Gasteiger partial charge in [0.2, 0.25) is 11.7 Å². The molecule has 1 saturated heterocycles. The van der Waals surface area contributed by atoms with E-state index in [-0.39, 0.29) is 6.10 Å². The molecule has 1 aromatic heterocycles. The molecule has 2 heterocycles. The fourth-order valence-corrected chi connectivity index (χ4v) is 3.87. The summed E-state index contributed by atoms with van der Waals surface area (Å²) in [7, 11) is 5.30. The third-order valence-electron chi connectivity index (χ3n) is 5.31. The number of hydrogen-bond donors (Lipinski definition) is 1. The van der Waals surface area contributed by atoms with E-state index < -0.39 is 0 Å². The van der Waals surface area contributed by atoms with Crippen LogP contribution in [-0.4, -0.2) is 78.6 Å². The second-order valence-corrected chi connectivity index (χ2v) is 7.87. The highest BCUT2D eigenvalue weighted by molar-refractivity contribution is 5.60. The molecule has 160 valence electrons. The molecule has 1 aliphatic rings. The van der Waals surface area contributed by atoms with Gasteiger partial charge in [-0.3, -0.25) is 4.90 Å². The van der Waals surface area contributed by atoms with Gasteiger partial charge in [0.25, 0.3) is 0 Å². The number of nitrogens with zero attached hydrogens (tertiary/aromatic N) is 4. The summed E-state index contributed by atoms with van der Waals surface area (Å²) in [5.74, 6) is 3.10. The maximum atomic E-state index is 9.53. The smallest absolute Gasteiger partial charge is 0.241 e. The Morgan fingerprint density at radius 2 is 1.97 bits per heavy atom. The molecule has 0 spiro atoms. The van der Waals surface area contributed by atoms with E-state index in [1.54, 1.807) is 14.2 Å². The minimum Gasteiger partial charge on any atom is -0.493 e. The summed E-state index contributed by atoms with van der Waals surface area (Å²) in [5, 5.41) is 13.6. The van der Waals surface area contributed by atoms with Crippen molar-refractivity contribution in [3.8, 4) is 22.9 Å². The van der Waals surface area contributed by atoms with Gasteiger partial charge in [-0.25, -0.2) is 0 Å². The molecule has 8 heteroatoms. The summed E-state index contributed by atoms with van der Waals surface area (Å²) >= 11 is 0. The molecule has 0 amide bonds. The number of piperidine rings is 1. The lowest BCUT2D eigenvalue weighted by atomic mass is 9.96. The Kier molecular flexibility index (Phi) is 7.46. The van der Waals surface area contributed by atoms with Crippen LogP contribution in [0.3, 0.4) is 0 Å². The topological polar surface area (TPSA) is 84.1 Å². The zero-order chi connectivity index (χ0) is 20.8. The summed E-state index contributed by atoms with van der Waals surface area (Å²) in [4.78, 5) is 9.12. The number of methoxy groups -OCH3 is 2. The van der Waals surface area contributed by atoms with E-state index in [0.29, 0.717) is 35.7 Å². The van der Waals surface area contributed by atoms with Crippen LogP contribution in [0.4, 0.5) is 0 Å². The van der Waals surface area contributed by atoms with Crippen LogP contribution in [0.5, 0.6) is 11.5 Å². The Hall–Kier alpha value is -2.16. The number of aromatic nitrogens is 2. The van der Waals surface area contributed by atoms with Crippen molar-refractivity contribution >= 4 is 0 Å². The van der Waals surface area contributed by atoms with E-state index in [9.17, 15) is 5.11 Å². The third kappa shape index (κ3) is 5.91. The predicted octanol–water partition coefficient (Wildman–Crippen LogP) is 2.28. The van der Waals surface area contributed by atoms with Gasteiger partial charge in [-0.2, -0.15) is 4.98 Å². The highest BCUT2D eigenvalue weighted by Gasteiger charge is 2.22. The predicted molar refractivity (Wildman–Crippen MR) is 110 cm³/mol. The van der Waals surface area contributed by atoms with Crippen molar-refractivity contribution in [1.82, 2.24) is 19.9 Å². The molecule has 2 aromatic rings. The average molecular weight is 405 g/mol. The van der Waals surface area contributed by atoms with Crippen molar-refractivity contribution in [2.75, 3.05) is 47.4 Å². The first-order valence-corrected chi connectivity index (χ1v) is 10.1. The lowest BCUT2D eigenvalue weighted by Gasteiger charge is -2.34. The number of benzene rings is 1. The average Bonchev–Trinajstić information content (AvgIpc) is 3.16. The lowest BCUT2D eigenvalue weighted by Crippen LogP contribution is -2.40. The molecule has 29 heavy (non-hydrogen) atoms. The Balaban J connectivity index is 1.52. The minimum absolute atomic E-state index is 0.258. The van der Waals surface area contributed by atoms with Crippen molar-refractivity contribution in [3.63, 3.8) is 0 Å². The number of aliphatic hydroxyl groups is 1. The Labute approximate surface area is 172 Å². The van der Waals surface area contributed by atoms with Crippen LogP contribution in [0.1, 0.15) is 25.7 Å². The number of likely N-dealkylation sites (tertiary alicyclic amines) is 1. The lowest BCUT2D eigenvalue weighted by molar-refractivity contribution is 0.0908. The number of aliphatic hydroxyl groups excluding tert-OH is 1. The molecular formula is C21H32N4O4. The van der Waals surface area contributed by atoms with Gasteiger partial charge in [0.15, 0.2) is 11.5 Å². The second-order valence-electron chi connectivity index (χ2n) is 7.87. The Morgan fingerprint density at radius 3 is 2.62 bits per heavy atom. The molecule has 1 N–H and O–H groups in total. The maximum Gasteiger partial charge on any atom is 0.241 e. The van der Waals surface area contributed by atoms with E-state index in [2.05, 4.69) is 27.0 Å². The molecule has 8 nitrogen and oxygen atoms in total. The molecular weight excluding hydrogens is 372 g/mol. The summed E-state index contributed by atoms with van der Waals surface area (Å²) in [6, 6.07) is 5.57. The van der Waals surface area contributed by atoms with Gasteiger partial charge in [0.05, 0.1) is 26.9 Å². The quantitative estimate of drug-likeness (QED) is 0.681. The summed E-state index contributed by atoms with van der Waals surface area (Å²) in [5.41, 5.74) is 0.825. The van der Waals surface area contributed by atoms with Crippen molar-refractivity contribution in [1.29, 1.82) is 0 Å². The molecule has 0 aliphatic carbocycles. The molecule has 3 rings (SSSR count). The van der Waals surface area contributed by atoms with Gasteiger partial charge in [0.1, 0.15) is 0 Å². The first-order valence-electron chi connectivity index (χ1n) is 10.1. The zero-order valence-corrected chi connectivity index (χ0v) is 17.8. The number of rotatable bonds is 9. The largest absolute Gasteiger partial charge is 0.493 e. The van der Waals surface area contributed by atoms with Crippen molar-refractivity contribution in [2.24, 2.45) is 5.92 Å². The molecule has 1 aromatic carbocycles. The molecule has 0 saturated carbocycles. The second kappa shape index (κ2) is 10.0. The van der Waals surface area contributed by atoms with Crippen molar-refractivity contribution in [2.45, 2.75) is 32.4 Å². The van der Waals surface area contributed by atoms with Crippen LogP contribution in [0.15, 0.2) is 22.7 Å². The first kappa shape index (κ1) is 21.5. The number of β-amino-alcohol motifs (C(OH)–C–C–N with tert-alkyl or cyclic N) is 1. The van der Waals surface area contributed by atoms with Crippen LogP contribution < -0.4 is 9.47 Å². The summed E-state index contributed by atoms with van der Waals surface area (Å²) < 4.78 is 16.1. The van der Waals surface area contributed by atoms with Gasteiger partial charge < -0.3 is 24.0 Å². The first-order chi connectivity index (χ1) is 14.0. The van der Waals surface area contributed by atoms with Gasteiger partial charge in [-0.1, -0.05) is 5.16 Å². The molecule has 0 bridgehead atoms. The SMILES string of the molecule is COc1ccc(-c2noc(CN(C)CC3CCN(CC(C)O)CC3)n2)cc1OC. The minimum atomic E-state index is -0.258. The van der Waals surface area contributed by atoms with Crippen LogP contribution in [0.2, 0.25) is 0 Å². The van der Waals surface area contributed by atoms with Gasteiger partial charge >= 0.3 is 0 Å². The molecule has 1 fully saturated rings. The van der Waals surface area contributed by atoms with Crippen molar-refractivity contribution < 1.29 is 19.1 Å². The van der Waals surface area contributed by atoms with Gasteiger partial charge in [-0.15, -0.1) is 0 Å². The monoisotopic (exact) mass is 404 g/mol. The maximum absolute atomic E-state index is 9.53. The molecule has 1 unspecified atom stereocenters. The fraction of sp³-hybridized carbons (Fsp3) is 0.619. The Morgan fingerprint density at radius 1 is 1.24 bits per heavy atom. The highest BCUT2D eigenvalue weighted by atomic mass is 16.5. The molecule has 0 radical (unpaired) electrons. The highest BCUT2D eigenvalue weighted by Crippen LogP contribution is 2.31. The number of hydrogen-bond acceptors (Lipinski definition) is 8. The van der Waals surface area contributed by atoms with E-state index in [1.807, 2.05) is 25.1 Å². The van der Waals surface area contributed by atoms with Crippen molar-refractivity contribution in [3.05, 3.63) is 24.1 Å². The van der Waals surface area contributed by atoms with E-state index in [0.717, 1.165) is 44.6 Å². The summed E-state index contributed by atoms with van der Waals surface area (Å²) in [6.07, 6.45) is 2.04. The molecule has 1 aliphatic heterocycles. The van der Waals surface area contributed by atoms with Crippen LogP contribution in [0.25, 0.3) is 11.4 Å². The molecule has 1 atom stereocenters. The van der Waals surface area contributed by atoms with Gasteiger partial charge in [0, 0.05) is 18.7 Å². The zero-order valence-electron chi connectivity index (χ0n) is 17.8. The van der Waals surface area contributed by atoms with Crippen LogP contribution in [-0.2, 0) is 6.54 Å². The van der Waals surface area contributed by atoms with E-state index in [4.69, 9.17) is 14.0 Å². The van der Waals surface area contributed by atoms with Crippen LogP contribution >= 0.6 is 0 Å². The van der Waals surface area contributed by atoms with E-state index in [1.165, 1.54) is 0 Å². The number of ether oxygens (including phenoxy) is 2. The Bertz CT molecular complexity index is 772. The van der Waals surface area contributed by atoms with E-state index >= 15 is 0 Å². The summed E-state index contributed by atoms with van der Waals surface area (Å²) in [6.45, 7) is 6.33. The fourth-order valence-electron chi connectivity index (χ4n) is 3.87. The standard InChI is InChI=1S/C21H32N4O4/c1-15(26)12-25-9-7-16(8-10-25)13-24(2)14-20-22-21(23-29-20)17-5-6-18(27-3)19(11-17)28-4/h5-6,11,15-16,26H,7-10,12-14H2,1-4H3.